The fourth-order valence-corrected chi connectivity index (χ4v) is 6.49. The van der Waals surface area contributed by atoms with Gasteiger partial charge in [0.2, 0.25) is 0 Å². The number of nitrogens with zero attached hydrogens (tertiary/aromatic N) is 2. The summed E-state index contributed by atoms with van der Waals surface area (Å²) in [6.07, 6.45) is 7.17. The van der Waals surface area contributed by atoms with E-state index >= 15 is 0 Å². The predicted octanol–water partition coefficient (Wildman–Crippen LogP) is 7.01. The molecule has 4 aromatic rings. The zero-order chi connectivity index (χ0) is 24.6. The summed E-state index contributed by atoms with van der Waals surface area (Å²) in [5, 5.41) is 0. The summed E-state index contributed by atoms with van der Waals surface area (Å²) in [5.41, 5.74) is 6.81. The monoisotopic (exact) mass is 616 g/mol. The Balaban J connectivity index is 1.58. The molecule has 3 aromatic carbocycles. The largest absolute Gasteiger partial charge is 0.272 e. The number of rotatable bonds is 3. The van der Waals surface area contributed by atoms with Crippen LogP contribution in [0.3, 0.4) is 0 Å². The van der Waals surface area contributed by atoms with Gasteiger partial charge in [-0.3, -0.25) is 9.36 Å². The summed E-state index contributed by atoms with van der Waals surface area (Å²) >= 11 is 8.57. The minimum Gasteiger partial charge on any atom is -0.272 e. The number of benzene rings is 3. The molecule has 0 N–H and O–H groups in total. The fourth-order valence-electron chi connectivity index (χ4n) is 4.96. The van der Waals surface area contributed by atoms with Crippen molar-refractivity contribution in [1.82, 2.24) is 4.57 Å². The van der Waals surface area contributed by atoms with Gasteiger partial charge in [-0.1, -0.05) is 97.8 Å². The van der Waals surface area contributed by atoms with Gasteiger partial charge in [-0.2, -0.15) is 0 Å². The highest BCUT2D eigenvalue weighted by Gasteiger charge is 2.32. The van der Waals surface area contributed by atoms with E-state index in [9.17, 15) is 4.79 Å². The second kappa shape index (κ2) is 9.92. The zero-order valence-corrected chi connectivity index (χ0v) is 23.3. The van der Waals surface area contributed by atoms with Gasteiger partial charge in [0, 0.05) is 8.95 Å². The molecular formula is C30H22Br2N2OS. The van der Waals surface area contributed by atoms with Crippen molar-refractivity contribution in [2.75, 3.05) is 0 Å². The highest BCUT2D eigenvalue weighted by atomic mass is 79.9. The van der Waals surface area contributed by atoms with Crippen LogP contribution in [0.2, 0.25) is 0 Å². The molecule has 1 aromatic heterocycles. The summed E-state index contributed by atoms with van der Waals surface area (Å²) in [6, 6.07) is 26.6. The number of aromatic nitrogens is 1. The van der Waals surface area contributed by atoms with E-state index in [-0.39, 0.29) is 11.6 Å². The molecule has 36 heavy (non-hydrogen) atoms. The molecule has 6 heteroatoms. The Morgan fingerprint density at radius 1 is 0.833 bits per heavy atom. The van der Waals surface area contributed by atoms with Crippen molar-refractivity contribution >= 4 is 55.3 Å². The van der Waals surface area contributed by atoms with Gasteiger partial charge in [-0.25, -0.2) is 4.99 Å². The molecule has 0 fully saturated rings. The number of hydrogen-bond acceptors (Lipinski definition) is 3. The predicted molar refractivity (Wildman–Crippen MR) is 155 cm³/mol. The minimum absolute atomic E-state index is 0.0195. The van der Waals surface area contributed by atoms with E-state index in [1.54, 1.807) is 0 Å². The van der Waals surface area contributed by atoms with E-state index in [1.807, 2.05) is 41.0 Å². The topological polar surface area (TPSA) is 34.4 Å². The third kappa shape index (κ3) is 4.54. The van der Waals surface area contributed by atoms with Gasteiger partial charge in [0.05, 0.1) is 16.3 Å². The molecule has 0 spiro atoms. The molecule has 1 aliphatic carbocycles. The van der Waals surface area contributed by atoms with E-state index in [0.717, 1.165) is 55.4 Å². The number of halogens is 2. The highest BCUT2D eigenvalue weighted by molar-refractivity contribution is 9.10. The molecule has 0 saturated heterocycles. The van der Waals surface area contributed by atoms with Gasteiger partial charge in [0.1, 0.15) is 0 Å². The maximum atomic E-state index is 13.8. The summed E-state index contributed by atoms with van der Waals surface area (Å²) < 4.78 is 4.71. The van der Waals surface area contributed by atoms with Crippen molar-refractivity contribution in [3.05, 3.63) is 141 Å². The molecular weight excluding hydrogens is 596 g/mol. The number of allylic oxidation sites excluding steroid dienone is 2. The summed E-state index contributed by atoms with van der Waals surface area (Å²) in [4.78, 5) is 19.7. The average molecular weight is 618 g/mol. The molecule has 0 saturated carbocycles. The van der Waals surface area contributed by atoms with Gasteiger partial charge < -0.3 is 0 Å². The Kier molecular flexibility index (Phi) is 6.50. The maximum absolute atomic E-state index is 13.8. The van der Waals surface area contributed by atoms with Crippen LogP contribution < -0.4 is 14.9 Å². The lowest BCUT2D eigenvalue weighted by Crippen LogP contribution is -2.39. The lowest BCUT2D eigenvalue weighted by Gasteiger charge is -2.31. The average Bonchev–Trinajstić information content (AvgIpc) is 3.20. The first-order valence-corrected chi connectivity index (χ1v) is 14.3. The van der Waals surface area contributed by atoms with Crippen LogP contribution >= 0.6 is 43.2 Å². The summed E-state index contributed by atoms with van der Waals surface area (Å²) in [5.74, 6) is 0. The number of fused-ring (bicyclic) bond motifs is 1. The Labute approximate surface area is 230 Å². The second-order valence-corrected chi connectivity index (χ2v) is 11.8. The van der Waals surface area contributed by atoms with Crippen molar-refractivity contribution in [3.63, 3.8) is 0 Å². The van der Waals surface area contributed by atoms with E-state index in [1.165, 1.54) is 22.5 Å². The van der Waals surface area contributed by atoms with Crippen LogP contribution in [0.15, 0.2) is 114 Å². The van der Waals surface area contributed by atoms with Crippen molar-refractivity contribution in [2.24, 2.45) is 4.99 Å². The molecule has 0 unspecified atom stereocenters. The van der Waals surface area contributed by atoms with Crippen LogP contribution in [-0.2, 0) is 0 Å². The SMILES string of the molecule is O=c1/c(=C\c2ccccc2)sc2n1[C@@H](c1ccc(Br)cc1)C1=C(N=2)/C(=C/c2ccc(Br)cc2)CCC1. The molecule has 0 bridgehead atoms. The van der Waals surface area contributed by atoms with Gasteiger partial charge >= 0.3 is 0 Å². The molecule has 6 rings (SSSR count). The summed E-state index contributed by atoms with van der Waals surface area (Å²) in [7, 11) is 0. The fraction of sp³-hybridized carbons (Fsp3) is 0.133. The maximum Gasteiger partial charge on any atom is 0.271 e. The third-order valence-corrected chi connectivity index (χ3v) is 8.67. The Morgan fingerprint density at radius 3 is 2.22 bits per heavy atom. The molecule has 178 valence electrons. The first kappa shape index (κ1) is 23.6. The smallest absolute Gasteiger partial charge is 0.271 e. The molecule has 0 radical (unpaired) electrons. The molecule has 2 aliphatic rings. The second-order valence-electron chi connectivity index (χ2n) is 8.99. The molecule has 2 heterocycles. The lowest BCUT2D eigenvalue weighted by molar-refractivity contribution is 0.553. The van der Waals surface area contributed by atoms with E-state index in [4.69, 9.17) is 4.99 Å². The highest BCUT2D eigenvalue weighted by Crippen LogP contribution is 2.41. The third-order valence-electron chi connectivity index (χ3n) is 6.63. The van der Waals surface area contributed by atoms with Crippen molar-refractivity contribution in [1.29, 1.82) is 0 Å². The quantitative estimate of drug-likeness (QED) is 0.244. The van der Waals surface area contributed by atoms with Crippen LogP contribution in [0.4, 0.5) is 0 Å². The zero-order valence-electron chi connectivity index (χ0n) is 19.3. The molecule has 0 amide bonds. The van der Waals surface area contributed by atoms with E-state index in [0.29, 0.717) is 4.53 Å². The lowest BCUT2D eigenvalue weighted by atomic mass is 9.84. The van der Waals surface area contributed by atoms with Crippen molar-refractivity contribution in [3.8, 4) is 0 Å². The molecule has 1 atom stereocenters. The molecule has 1 aliphatic heterocycles. The Bertz CT molecular complexity index is 1680. The number of thiazole rings is 1. The summed E-state index contributed by atoms with van der Waals surface area (Å²) in [6.45, 7) is 0. The van der Waals surface area contributed by atoms with Gasteiger partial charge in [0.25, 0.3) is 5.56 Å². The first-order valence-electron chi connectivity index (χ1n) is 11.9. The van der Waals surface area contributed by atoms with Crippen molar-refractivity contribution < 1.29 is 0 Å². The normalized spacial score (nSPS) is 18.7. The molecule has 3 nitrogen and oxygen atoms in total. The standard InChI is InChI=1S/C30H22Br2N2OS/c31-23-13-9-20(10-14-23)17-22-7-4-8-25-27(22)33-30-34(28(25)21-11-15-24(32)16-12-21)29(35)26(36-30)18-19-5-2-1-3-6-19/h1-3,5-6,9-18,28H,4,7-8H2/b22-17+,26-18+/t28-/m0/s1. The first-order chi connectivity index (χ1) is 17.6. The van der Waals surface area contributed by atoms with Crippen LogP contribution in [0, 0.1) is 0 Å². The van der Waals surface area contributed by atoms with E-state index < -0.39 is 0 Å². The van der Waals surface area contributed by atoms with Crippen LogP contribution in [0.25, 0.3) is 12.2 Å². The van der Waals surface area contributed by atoms with E-state index in [2.05, 4.69) is 86.5 Å². The van der Waals surface area contributed by atoms with Gasteiger partial charge in [-0.15, -0.1) is 0 Å². The minimum atomic E-state index is -0.157. The van der Waals surface area contributed by atoms with Crippen LogP contribution in [0.5, 0.6) is 0 Å². The van der Waals surface area contributed by atoms with Crippen LogP contribution in [0.1, 0.15) is 42.0 Å². The van der Waals surface area contributed by atoms with Crippen molar-refractivity contribution in [2.45, 2.75) is 25.3 Å². The Hall–Kier alpha value is -2.80. The van der Waals surface area contributed by atoms with Gasteiger partial charge in [-0.05, 0) is 83.5 Å². The number of hydrogen-bond donors (Lipinski definition) is 0. The van der Waals surface area contributed by atoms with Crippen LogP contribution in [-0.4, -0.2) is 4.57 Å². The van der Waals surface area contributed by atoms with Gasteiger partial charge in [0.15, 0.2) is 4.80 Å². The Morgan fingerprint density at radius 2 is 1.50 bits per heavy atom.